The molecular formula is C20H17ClF3N3O8. The second-order valence-corrected chi connectivity index (χ2v) is 7.02. The first kappa shape index (κ1) is 27.3. The molecule has 2 aromatic rings. The van der Waals surface area contributed by atoms with E-state index < -0.39 is 51.8 Å². The molecule has 15 heteroatoms. The maximum atomic E-state index is 12.8. The molecule has 0 fully saturated rings. The summed E-state index contributed by atoms with van der Waals surface area (Å²) >= 11 is 5.86. The van der Waals surface area contributed by atoms with Gasteiger partial charge in [-0.15, -0.1) is 5.48 Å². The highest BCUT2D eigenvalue weighted by Gasteiger charge is 2.31. The molecule has 1 unspecified atom stereocenters. The van der Waals surface area contributed by atoms with Crippen LogP contribution in [-0.2, 0) is 25.4 Å². The first-order valence-corrected chi connectivity index (χ1v) is 9.80. The van der Waals surface area contributed by atoms with Gasteiger partial charge in [0, 0.05) is 19.1 Å². The molecule has 1 N–H and O–H groups in total. The van der Waals surface area contributed by atoms with Gasteiger partial charge in [-0.2, -0.15) is 13.2 Å². The summed E-state index contributed by atoms with van der Waals surface area (Å²) in [6, 6.07) is 4.33. The molecule has 0 radical (unpaired) electrons. The topological polar surface area (TPSA) is 139 Å². The number of benzene rings is 2. The van der Waals surface area contributed by atoms with Gasteiger partial charge < -0.3 is 19.1 Å². The number of esters is 1. The van der Waals surface area contributed by atoms with Gasteiger partial charge in [0.1, 0.15) is 18.6 Å². The molecule has 11 nitrogen and oxygen atoms in total. The number of hydrogen-bond donors (Lipinski definition) is 1. The summed E-state index contributed by atoms with van der Waals surface area (Å²) in [6.45, 7) is 2.46. The van der Waals surface area contributed by atoms with Gasteiger partial charge >= 0.3 is 23.8 Å². The third kappa shape index (κ3) is 7.55. The number of nitrogens with zero attached hydrogens (tertiary/aromatic N) is 2. The largest absolute Gasteiger partial charge is 0.456 e. The van der Waals surface area contributed by atoms with Crippen LogP contribution in [0.25, 0.3) is 0 Å². The highest BCUT2D eigenvalue weighted by Crippen LogP contribution is 2.38. The van der Waals surface area contributed by atoms with Crippen LogP contribution in [0.4, 0.5) is 18.9 Å². The first-order valence-electron chi connectivity index (χ1n) is 9.42. The van der Waals surface area contributed by atoms with Gasteiger partial charge in [-0.25, -0.2) is 4.79 Å². The summed E-state index contributed by atoms with van der Waals surface area (Å²) in [6.07, 6.45) is -4.63. The van der Waals surface area contributed by atoms with Gasteiger partial charge in [-0.3, -0.25) is 14.9 Å². The second-order valence-electron chi connectivity index (χ2n) is 6.61. The molecule has 0 spiro atoms. The van der Waals surface area contributed by atoms with Crippen molar-refractivity contribution in [3.8, 4) is 17.2 Å². The summed E-state index contributed by atoms with van der Waals surface area (Å²) in [4.78, 5) is 43.3. The average molecular weight is 520 g/mol. The fourth-order valence-electron chi connectivity index (χ4n) is 2.45. The van der Waals surface area contributed by atoms with E-state index in [4.69, 9.17) is 21.1 Å². The Morgan fingerprint density at radius 1 is 1.17 bits per heavy atom. The molecule has 0 aliphatic heterocycles. The molecule has 2 aromatic carbocycles. The molecule has 0 aliphatic carbocycles. The minimum Gasteiger partial charge on any atom is -0.456 e. The predicted molar refractivity (Wildman–Crippen MR) is 114 cm³/mol. The summed E-state index contributed by atoms with van der Waals surface area (Å²) in [7, 11) is 1.12. The number of nitrogens with one attached hydrogen (secondary N) is 1. The Kier molecular flexibility index (Phi) is 8.97. The average Bonchev–Trinajstić information content (AvgIpc) is 2.76. The van der Waals surface area contributed by atoms with Crippen LogP contribution in [0.2, 0.25) is 5.02 Å². The number of nitro benzene ring substituents is 1. The van der Waals surface area contributed by atoms with Crippen LogP contribution in [0.1, 0.15) is 19.4 Å². The van der Waals surface area contributed by atoms with Crippen molar-refractivity contribution in [1.29, 1.82) is 0 Å². The van der Waals surface area contributed by atoms with E-state index in [2.05, 4.69) is 20.3 Å². The normalized spacial score (nSPS) is 12.5. The Morgan fingerprint density at radius 3 is 2.40 bits per heavy atom. The zero-order chi connectivity index (χ0) is 26.3. The Bertz CT molecular complexity index is 1160. The van der Waals surface area contributed by atoms with Crippen LogP contribution in [-0.4, -0.2) is 35.7 Å². The number of hydroxylamine groups is 1. The van der Waals surface area contributed by atoms with Gasteiger partial charge in [-0.1, -0.05) is 16.8 Å². The number of nitro groups is 1. The van der Waals surface area contributed by atoms with Crippen molar-refractivity contribution < 1.29 is 46.8 Å². The quantitative estimate of drug-likeness (QED) is 0.168. The maximum Gasteiger partial charge on any atom is 0.416 e. The molecule has 35 heavy (non-hydrogen) atoms. The third-order valence-corrected chi connectivity index (χ3v) is 4.30. The van der Waals surface area contributed by atoms with Crippen LogP contribution in [0, 0.1) is 10.1 Å². The van der Waals surface area contributed by atoms with E-state index in [0.29, 0.717) is 6.07 Å². The molecule has 0 amide bonds. The van der Waals surface area contributed by atoms with Crippen molar-refractivity contribution >= 4 is 34.9 Å². The second kappa shape index (κ2) is 11.5. The lowest BCUT2D eigenvalue weighted by molar-refractivity contribution is -0.385. The van der Waals surface area contributed by atoms with Gasteiger partial charge in [0.2, 0.25) is 5.75 Å². The number of carbonyl (C=O) groups excluding carboxylic acids is 2. The molecule has 0 aromatic heterocycles. The molecule has 2 rings (SSSR count). The van der Waals surface area contributed by atoms with Crippen LogP contribution >= 0.6 is 11.6 Å². The van der Waals surface area contributed by atoms with E-state index in [0.717, 1.165) is 44.4 Å². The number of carbonyl (C=O) groups is 2. The van der Waals surface area contributed by atoms with E-state index in [-0.39, 0.29) is 16.5 Å². The maximum absolute atomic E-state index is 12.8. The zero-order valence-corrected chi connectivity index (χ0v) is 19.0. The summed E-state index contributed by atoms with van der Waals surface area (Å²) in [5.41, 5.74) is 0.135. The number of oxime groups is 1. The van der Waals surface area contributed by atoms with Gasteiger partial charge in [0.25, 0.3) is 0 Å². The van der Waals surface area contributed by atoms with Crippen molar-refractivity contribution in [2.75, 3.05) is 7.11 Å². The fraction of sp³-hybridized carbons (Fsp3) is 0.250. The van der Waals surface area contributed by atoms with E-state index in [9.17, 15) is 32.9 Å². The Balaban J connectivity index is 2.33. The van der Waals surface area contributed by atoms with Gasteiger partial charge in [0.05, 0.1) is 21.6 Å². The van der Waals surface area contributed by atoms with Crippen molar-refractivity contribution in [1.82, 2.24) is 5.48 Å². The molecular weight excluding hydrogens is 503 g/mol. The molecule has 0 aliphatic rings. The summed E-state index contributed by atoms with van der Waals surface area (Å²) < 4.78 is 49.0. The van der Waals surface area contributed by atoms with Crippen molar-refractivity contribution in [3.05, 3.63) is 57.1 Å². The molecule has 188 valence electrons. The van der Waals surface area contributed by atoms with Crippen molar-refractivity contribution in [3.63, 3.8) is 0 Å². The monoisotopic (exact) mass is 519 g/mol. The van der Waals surface area contributed by atoms with Crippen LogP contribution in [0.5, 0.6) is 17.2 Å². The highest BCUT2D eigenvalue weighted by molar-refractivity contribution is 6.38. The predicted octanol–water partition coefficient (Wildman–Crippen LogP) is 4.42. The van der Waals surface area contributed by atoms with E-state index >= 15 is 0 Å². The number of hydrogen-bond acceptors (Lipinski definition) is 10. The van der Waals surface area contributed by atoms with Crippen LogP contribution in [0.3, 0.4) is 0 Å². The van der Waals surface area contributed by atoms with Gasteiger partial charge in [-0.05, 0) is 31.2 Å². The van der Waals surface area contributed by atoms with E-state index in [1.807, 2.05) is 0 Å². The SMILES string of the molecule is CON=C(C(=O)Oc1cc(Oc2ccc(C(F)(F)F)cc2Cl)ccc1[N+](=O)[O-])C(C)NOC(C)=O. The molecule has 0 saturated carbocycles. The van der Waals surface area contributed by atoms with E-state index in [1.165, 1.54) is 6.92 Å². The van der Waals surface area contributed by atoms with Crippen LogP contribution in [0.15, 0.2) is 41.6 Å². The Labute approximate surface area is 200 Å². The Hall–Kier alpha value is -3.91. The molecule has 1 atom stereocenters. The number of ether oxygens (including phenoxy) is 2. The fourth-order valence-corrected chi connectivity index (χ4v) is 2.67. The van der Waals surface area contributed by atoms with Crippen molar-refractivity contribution in [2.24, 2.45) is 5.16 Å². The zero-order valence-electron chi connectivity index (χ0n) is 18.2. The number of rotatable bonds is 9. The lowest BCUT2D eigenvalue weighted by Crippen LogP contribution is -2.41. The number of alkyl halides is 3. The summed E-state index contributed by atoms with van der Waals surface area (Å²) in [5, 5.41) is 14.5. The van der Waals surface area contributed by atoms with E-state index in [1.54, 1.807) is 0 Å². The summed E-state index contributed by atoms with van der Waals surface area (Å²) in [5.74, 6) is -2.83. The lowest BCUT2D eigenvalue weighted by atomic mass is 10.2. The lowest BCUT2D eigenvalue weighted by Gasteiger charge is -2.15. The number of halogens is 4. The smallest absolute Gasteiger partial charge is 0.416 e. The molecule has 0 heterocycles. The first-order chi connectivity index (χ1) is 16.3. The van der Waals surface area contributed by atoms with Crippen molar-refractivity contribution in [2.45, 2.75) is 26.1 Å². The third-order valence-electron chi connectivity index (χ3n) is 4.01. The van der Waals surface area contributed by atoms with Crippen LogP contribution < -0.4 is 15.0 Å². The Morgan fingerprint density at radius 2 is 1.86 bits per heavy atom. The molecule has 0 saturated heterocycles. The molecule has 0 bridgehead atoms. The highest BCUT2D eigenvalue weighted by atomic mass is 35.5. The minimum atomic E-state index is -4.63. The minimum absolute atomic E-state index is 0.142. The van der Waals surface area contributed by atoms with Gasteiger partial charge in [0.15, 0.2) is 5.71 Å². The standard InChI is InChI=1S/C20H17ClF3N3O8/c1-10(25-35-11(2)28)18(26-32-3)19(29)34-17-9-13(5-6-15(17)27(30)31)33-16-7-4-12(8-14(16)21)20(22,23)24/h4-10,25H,1-3H3.